The lowest BCUT2D eigenvalue weighted by Crippen LogP contribution is -2.63. The third-order valence-electron chi connectivity index (χ3n) is 6.48. The molecule has 37 heavy (non-hydrogen) atoms. The largest absolute Gasteiger partial charge is 0.377 e. The summed E-state index contributed by atoms with van der Waals surface area (Å²) in [4.78, 5) is 15.1. The molecule has 11 nitrogen and oxygen atoms in total. The van der Waals surface area contributed by atoms with E-state index >= 15 is 0 Å². The number of piperazine rings is 1. The highest BCUT2D eigenvalue weighted by atomic mass is 32.2. The molecule has 0 spiro atoms. The first-order chi connectivity index (χ1) is 17.4. The molecule has 2 atom stereocenters. The van der Waals surface area contributed by atoms with E-state index in [4.69, 9.17) is 4.74 Å². The predicted octanol–water partition coefficient (Wildman–Crippen LogP) is 1.32. The molecule has 2 N–H and O–H groups in total. The summed E-state index contributed by atoms with van der Waals surface area (Å²) in [6.07, 6.45) is -2.88. The Bertz CT molecular complexity index is 1480. The molecule has 202 valence electrons. The average molecular weight is 562 g/mol. The molecule has 0 unspecified atom stereocenters. The Labute approximate surface area is 214 Å². The number of alkyl halides is 3. The van der Waals surface area contributed by atoms with Gasteiger partial charge in [-0.3, -0.25) is 4.57 Å². The Hall–Kier alpha value is -2.53. The number of nitrogens with zero attached hydrogens (tertiary/aromatic N) is 5. The minimum absolute atomic E-state index is 0.0648. The van der Waals surface area contributed by atoms with Gasteiger partial charge in [-0.2, -0.15) is 4.72 Å². The number of fused-ring (bicyclic) bond motifs is 1. The molecule has 0 radical (unpaired) electrons. The fourth-order valence-electron chi connectivity index (χ4n) is 4.81. The molecule has 2 aromatic heterocycles. The van der Waals surface area contributed by atoms with E-state index in [0.717, 1.165) is 4.57 Å². The van der Waals surface area contributed by atoms with Crippen LogP contribution in [0.3, 0.4) is 0 Å². The van der Waals surface area contributed by atoms with Crippen molar-refractivity contribution in [3.05, 3.63) is 27.6 Å². The van der Waals surface area contributed by atoms with E-state index in [2.05, 4.69) is 20.2 Å². The van der Waals surface area contributed by atoms with Crippen molar-refractivity contribution in [1.29, 1.82) is 0 Å². The van der Waals surface area contributed by atoms with Crippen molar-refractivity contribution in [2.45, 2.75) is 42.8 Å². The number of hydrogen-bond donors (Lipinski definition) is 2. The summed E-state index contributed by atoms with van der Waals surface area (Å²) in [5.41, 5.74) is -0.936. The zero-order valence-corrected chi connectivity index (χ0v) is 21.9. The SMILES string of the molecule is C[C@@H]1CN(c2cc(S(=O)(=O)NC3(CF)COC3)cc3c2n(C)c(=O)n3-c2nnc(C(F)F)s2)C[C@@H](C)N1. The van der Waals surface area contributed by atoms with Gasteiger partial charge < -0.3 is 15.0 Å². The van der Waals surface area contributed by atoms with Gasteiger partial charge in [0.05, 0.1) is 34.8 Å². The zero-order valence-electron chi connectivity index (χ0n) is 20.2. The maximum atomic E-state index is 13.7. The number of aryl methyl sites for hydroxylation is 1. The van der Waals surface area contributed by atoms with Gasteiger partial charge in [-0.15, -0.1) is 10.2 Å². The van der Waals surface area contributed by atoms with Gasteiger partial charge in [0.25, 0.3) is 6.43 Å². The smallest absolute Gasteiger partial charge is 0.335 e. The maximum absolute atomic E-state index is 13.7. The molecule has 0 aliphatic carbocycles. The third-order valence-corrected chi connectivity index (χ3v) is 8.95. The molecule has 0 amide bonds. The van der Waals surface area contributed by atoms with Crippen LogP contribution in [0.15, 0.2) is 21.8 Å². The van der Waals surface area contributed by atoms with Gasteiger partial charge in [0, 0.05) is 32.2 Å². The minimum atomic E-state index is -4.27. The maximum Gasteiger partial charge on any atom is 0.335 e. The number of hydrogen-bond acceptors (Lipinski definition) is 9. The van der Waals surface area contributed by atoms with Gasteiger partial charge in [0.15, 0.2) is 5.01 Å². The molecule has 2 aliphatic rings. The van der Waals surface area contributed by atoms with Gasteiger partial charge in [-0.05, 0) is 26.0 Å². The summed E-state index contributed by atoms with van der Waals surface area (Å²) in [5, 5.41) is 9.97. The van der Waals surface area contributed by atoms with Crippen LogP contribution in [0, 0.1) is 0 Å². The van der Waals surface area contributed by atoms with Crippen LogP contribution >= 0.6 is 11.3 Å². The predicted molar refractivity (Wildman–Crippen MR) is 131 cm³/mol. The second-order valence-corrected chi connectivity index (χ2v) is 12.3. The Morgan fingerprint density at radius 2 is 1.92 bits per heavy atom. The zero-order chi connectivity index (χ0) is 26.7. The number of nitrogens with one attached hydrogen (secondary N) is 2. The molecule has 5 rings (SSSR count). The first-order valence-corrected chi connectivity index (χ1v) is 13.8. The van der Waals surface area contributed by atoms with E-state index in [-0.39, 0.29) is 40.8 Å². The van der Waals surface area contributed by atoms with Gasteiger partial charge in [0.2, 0.25) is 15.2 Å². The number of rotatable bonds is 7. The lowest BCUT2D eigenvalue weighted by atomic mass is 10.0. The Balaban J connectivity index is 1.74. The molecular weight excluding hydrogens is 535 g/mol. The van der Waals surface area contributed by atoms with E-state index in [1.54, 1.807) is 0 Å². The lowest BCUT2D eigenvalue weighted by Gasteiger charge is -2.39. The second-order valence-electron chi connectivity index (χ2n) is 9.60. The van der Waals surface area contributed by atoms with Gasteiger partial charge in [-0.1, -0.05) is 11.3 Å². The van der Waals surface area contributed by atoms with Crippen LogP contribution in [0.25, 0.3) is 16.2 Å². The molecule has 2 aliphatic heterocycles. The molecule has 2 fully saturated rings. The van der Waals surface area contributed by atoms with Crippen molar-refractivity contribution < 1.29 is 26.3 Å². The Morgan fingerprint density at radius 1 is 1.24 bits per heavy atom. The summed E-state index contributed by atoms with van der Waals surface area (Å²) < 4.78 is 76.9. The minimum Gasteiger partial charge on any atom is -0.377 e. The van der Waals surface area contributed by atoms with Crippen LogP contribution in [-0.4, -0.2) is 78.3 Å². The van der Waals surface area contributed by atoms with Crippen molar-refractivity contribution in [3.63, 3.8) is 0 Å². The van der Waals surface area contributed by atoms with Crippen LogP contribution in [0.5, 0.6) is 0 Å². The van der Waals surface area contributed by atoms with Crippen LogP contribution in [0.4, 0.5) is 18.9 Å². The molecular formula is C21H26F3N7O4S2. The summed E-state index contributed by atoms with van der Waals surface area (Å²) >= 11 is 0.541. The number of ether oxygens (including phenoxy) is 1. The Kier molecular flexibility index (Phi) is 6.59. The highest BCUT2D eigenvalue weighted by Crippen LogP contribution is 2.34. The number of imidazole rings is 1. The van der Waals surface area contributed by atoms with Crippen LogP contribution in [0.1, 0.15) is 25.3 Å². The monoisotopic (exact) mass is 561 g/mol. The highest BCUT2D eigenvalue weighted by molar-refractivity contribution is 7.89. The van der Waals surface area contributed by atoms with Crippen molar-refractivity contribution in [3.8, 4) is 5.13 Å². The van der Waals surface area contributed by atoms with Crippen molar-refractivity contribution >= 4 is 38.1 Å². The molecule has 3 aromatic rings. The van der Waals surface area contributed by atoms with Crippen molar-refractivity contribution in [2.24, 2.45) is 7.05 Å². The quantitative estimate of drug-likeness (QED) is 0.443. The first-order valence-electron chi connectivity index (χ1n) is 11.5. The molecule has 0 saturated carbocycles. The molecule has 1 aromatic carbocycles. The number of aromatic nitrogens is 4. The molecule has 16 heteroatoms. The molecule has 0 bridgehead atoms. The molecule has 4 heterocycles. The van der Waals surface area contributed by atoms with E-state index in [9.17, 15) is 26.4 Å². The third kappa shape index (κ3) is 4.54. The van der Waals surface area contributed by atoms with Gasteiger partial charge in [-0.25, -0.2) is 31.0 Å². The summed E-state index contributed by atoms with van der Waals surface area (Å²) in [5.74, 6) is 0. The van der Waals surface area contributed by atoms with E-state index in [1.165, 1.54) is 23.7 Å². The van der Waals surface area contributed by atoms with Crippen LogP contribution in [-0.2, 0) is 21.8 Å². The fourth-order valence-corrected chi connectivity index (χ4v) is 6.91. The normalized spacial score (nSPS) is 22.1. The van der Waals surface area contributed by atoms with E-state index in [0.29, 0.717) is 35.6 Å². The van der Waals surface area contributed by atoms with Crippen LogP contribution in [0.2, 0.25) is 0 Å². The Morgan fingerprint density at radius 3 is 2.46 bits per heavy atom. The lowest BCUT2D eigenvalue weighted by molar-refractivity contribution is -0.0725. The van der Waals surface area contributed by atoms with Crippen molar-refractivity contribution in [1.82, 2.24) is 29.4 Å². The summed E-state index contributed by atoms with van der Waals surface area (Å²) in [7, 11) is -2.75. The topological polar surface area (TPSA) is 123 Å². The summed E-state index contributed by atoms with van der Waals surface area (Å²) in [6.45, 7) is 3.84. The number of sulfonamides is 1. The van der Waals surface area contributed by atoms with Gasteiger partial charge in [0.1, 0.15) is 12.2 Å². The first kappa shape index (κ1) is 26.1. The highest BCUT2D eigenvalue weighted by Gasteiger charge is 2.43. The van der Waals surface area contributed by atoms with Crippen LogP contribution < -0.4 is 20.6 Å². The van der Waals surface area contributed by atoms with E-state index < -0.39 is 39.4 Å². The van der Waals surface area contributed by atoms with E-state index in [1.807, 2.05) is 18.7 Å². The number of benzene rings is 1. The number of anilines is 1. The second kappa shape index (κ2) is 9.34. The standard InChI is InChI=1S/C21H26F3N7O4S2/c1-11-6-30(7-12(2)25-11)14-4-13(37(33,34)28-21(8-22)9-35-10-21)5-15-16(14)29(3)20(32)31(15)19-27-26-18(36-19)17(23)24/h4-5,11-12,17,25,28H,6-10H2,1-3H3/t11-,12-/m1/s1. The summed E-state index contributed by atoms with van der Waals surface area (Å²) in [6, 6.07) is 2.85. The average Bonchev–Trinajstić information content (AvgIpc) is 3.38. The molecule has 2 saturated heterocycles. The van der Waals surface area contributed by atoms with Gasteiger partial charge >= 0.3 is 5.69 Å². The fraction of sp³-hybridized carbons (Fsp3) is 0.571. The number of halogens is 3. The van der Waals surface area contributed by atoms with Crippen molar-refractivity contribution in [2.75, 3.05) is 37.9 Å².